The van der Waals surface area contributed by atoms with E-state index < -0.39 is 28.8 Å². The Morgan fingerprint density at radius 2 is 1.81 bits per heavy atom. The highest BCUT2D eigenvalue weighted by molar-refractivity contribution is 5.38. The van der Waals surface area contributed by atoms with Crippen LogP contribution in [0.3, 0.4) is 0 Å². The third-order valence-electron chi connectivity index (χ3n) is 2.68. The van der Waals surface area contributed by atoms with E-state index in [1.807, 2.05) is 0 Å². The Balaban J connectivity index is 3.28. The highest BCUT2D eigenvalue weighted by Gasteiger charge is 2.32. The molecule has 0 saturated heterocycles. The number of phenolic OH excluding ortho intramolecular Hbond substituents is 1. The van der Waals surface area contributed by atoms with E-state index >= 15 is 0 Å². The maximum atomic E-state index is 13.5. The van der Waals surface area contributed by atoms with Crippen LogP contribution in [0, 0.1) is 17.0 Å². The van der Waals surface area contributed by atoms with Crippen molar-refractivity contribution in [2.75, 3.05) is 6.61 Å². The van der Waals surface area contributed by atoms with Gasteiger partial charge in [-0.2, -0.15) is 0 Å². The fourth-order valence-electron chi connectivity index (χ4n) is 1.34. The van der Waals surface area contributed by atoms with Gasteiger partial charge >= 0.3 is 0 Å². The summed E-state index contributed by atoms with van der Waals surface area (Å²) in [7, 11) is 0. The molecule has 0 bridgehead atoms. The number of aliphatic hydroxyl groups excluding tert-OH is 1. The summed E-state index contributed by atoms with van der Waals surface area (Å²) in [4.78, 5) is 0. The minimum absolute atomic E-state index is 0.302. The topological polar surface area (TPSA) is 66.5 Å². The van der Waals surface area contributed by atoms with Gasteiger partial charge in [0.1, 0.15) is 5.82 Å². The average molecular weight is 231 g/mol. The van der Waals surface area contributed by atoms with Gasteiger partial charge in [0.15, 0.2) is 11.6 Å². The summed E-state index contributed by atoms with van der Waals surface area (Å²) in [5.41, 5.74) is 4.57. The number of aromatic hydroxyl groups is 1. The summed E-state index contributed by atoms with van der Waals surface area (Å²) in [6.07, 6.45) is 0. The van der Waals surface area contributed by atoms with Gasteiger partial charge in [-0.1, -0.05) is 13.8 Å². The van der Waals surface area contributed by atoms with Gasteiger partial charge in [-0.3, -0.25) is 0 Å². The second-order valence-corrected chi connectivity index (χ2v) is 4.42. The van der Waals surface area contributed by atoms with Crippen LogP contribution in [0.25, 0.3) is 0 Å². The van der Waals surface area contributed by atoms with Crippen molar-refractivity contribution in [1.82, 2.24) is 0 Å². The number of aliphatic hydroxyl groups is 1. The van der Waals surface area contributed by atoms with Crippen LogP contribution in [-0.4, -0.2) is 16.8 Å². The Morgan fingerprint density at radius 1 is 1.31 bits per heavy atom. The number of phenols is 1. The second kappa shape index (κ2) is 4.35. The molecule has 0 aliphatic heterocycles. The molecule has 0 amide bonds. The molecule has 1 atom stereocenters. The number of hydrogen-bond donors (Lipinski definition) is 3. The van der Waals surface area contributed by atoms with Crippen molar-refractivity contribution in [3.05, 3.63) is 29.3 Å². The summed E-state index contributed by atoms with van der Waals surface area (Å²) < 4.78 is 26.5. The molecule has 90 valence electrons. The maximum absolute atomic E-state index is 13.5. The molecule has 0 aromatic heterocycles. The summed E-state index contributed by atoms with van der Waals surface area (Å²) in [5.74, 6) is -2.51. The Kier molecular flexibility index (Phi) is 3.50. The number of halogens is 2. The van der Waals surface area contributed by atoms with Crippen LogP contribution in [-0.2, 0) is 0 Å². The predicted octanol–water partition coefficient (Wildman–Crippen LogP) is 1.69. The van der Waals surface area contributed by atoms with Crippen LogP contribution in [0.4, 0.5) is 8.78 Å². The first-order valence-electron chi connectivity index (χ1n) is 4.84. The van der Waals surface area contributed by atoms with E-state index in [2.05, 4.69) is 0 Å². The zero-order chi connectivity index (χ0) is 12.5. The van der Waals surface area contributed by atoms with Gasteiger partial charge in [-0.15, -0.1) is 0 Å². The van der Waals surface area contributed by atoms with Crippen molar-refractivity contribution in [2.24, 2.45) is 11.1 Å². The van der Waals surface area contributed by atoms with Gasteiger partial charge in [-0.05, 0) is 12.1 Å². The minimum atomic E-state index is -0.992. The molecule has 0 fully saturated rings. The Bertz CT molecular complexity index is 394. The highest BCUT2D eigenvalue weighted by atomic mass is 19.1. The van der Waals surface area contributed by atoms with E-state index in [1.165, 1.54) is 0 Å². The molecule has 0 radical (unpaired) electrons. The molecule has 1 rings (SSSR count). The van der Waals surface area contributed by atoms with Crippen LogP contribution in [0.2, 0.25) is 0 Å². The zero-order valence-corrected chi connectivity index (χ0v) is 9.17. The molecule has 3 nitrogen and oxygen atoms in total. The van der Waals surface area contributed by atoms with Crippen molar-refractivity contribution in [3.63, 3.8) is 0 Å². The predicted molar refractivity (Wildman–Crippen MR) is 55.8 cm³/mol. The third kappa shape index (κ3) is 2.15. The number of nitrogens with two attached hydrogens (primary N) is 1. The second-order valence-electron chi connectivity index (χ2n) is 4.42. The van der Waals surface area contributed by atoms with Gasteiger partial charge in [0, 0.05) is 23.6 Å². The van der Waals surface area contributed by atoms with Crippen molar-refractivity contribution < 1.29 is 19.0 Å². The lowest BCUT2D eigenvalue weighted by atomic mass is 9.81. The van der Waals surface area contributed by atoms with Gasteiger partial charge in [0.25, 0.3) is 0 Å². The van der Waals surface area contributed by atoms with Gasteiger partial charge in [-0.25, -0.2) is 8.78 Å². The van der Waals surface area contributed by atoms with Gasteiger partial charge < -0.3 is 15.9 Å². The van der Waals surface area contributed by atoms with Crippen LogP contribution in [0.1, 0.15) is 25.5 Å². The molecule has 1 aromatic rings. The monoisotopic (exact) mass is 231 g/mol. The van der Waals surface area contributed by atoms with Gasteiger partial charge in [0.2, 0.25) is 0 Å². The lowest BCUT2D eigenvalue weighted by Gasteiger charge is -2.30. The first-order chi connectivity index (χ1) is 7.31. The molecule has 4 N–H and O–H groups in total. The Morgan fingerprint density at radius 3 is 2.31 bits per heavy atom. The van der Waals surface area contributed by atoms with Crippen LogP contribution in [0.15, 0.2) is 12.1 Å². The maximum Gasteiger partial charge on any atom is 0.165 e. The highest BCUT2D eigenvalue weighted by Crippen LogP contribution is 2.37. The first-order valence-corrected chi connectivity index (χ1v) is 4.84. The molecule has 0 aliphatic rings. The van der Waals surface area contributed by atoms with Crippen molar-refractivity contribution in [1.29, 1.82) is 0 Å². The quantitative estimate of drug-likeness (QED) is 0.741. The summed E-state index contributed by atoms with van der Waals surface area (Å²) in [5, 5.41) is 18.5. The van der Waals surface area contributed by atoms with E-state index in [1.54, 1.807) is 13.8 Å². The van der Waals surface area contributed by atoms with E-state index in [0.717, 1.165) is 12.1 Å². The molecular weight excluding hydrogens is 216 g/mol. The lowest BCUT2D eigenvalue weighted by molar-refractivity contribution is 0.129. The molecule has 0 saturated carbocycles. The van der Waals surface area contributed by atoms with Gasteiger partial charge in [0.05, 0.1) is 0 Å². The van der Waals surface area contributed by atoms with Crippen molar-refractivity contribution in [3.8, 4) is 5.75 Å². The number of benzene rings is 1. The van der Waals surface area contributed by atoms with E-state index in [-0.39, 0.29) is 12.2 Å². The fraction of sp³-hybridized carbons (Fsp3) is 0.455. The largest absolute Gasteiger partial charge is 0.505 e. The first kappa shape index (κ1) is 12.9. The van der Waals surface area contributed by atoms with Crippen LogP contribution >= 0.6 is 0 Å². The Hall–Kier alpha value is -1.20. The van der Waals surface area contributed by atoms with Crippen LogP contribution < -0.4 is 5.73 Å². The number of rotatable bonds is 3. The van der Waals surface area contributed by atoms with E-state index in [4.69, 9.17) is 10.8 Å². The molecule has 0 heterocycles. The molecule has 1 aromatic carbocycles. The normalized spacial score (nSPS) is 13.9. The van der Waals surface area contributed by atoms with E-state index in [0.29, 0.717) is 0 Å². The zero-order valence-electron chi connectivity index (χ0n) is 9.17. The molecule has 16 heavy (non-hydrogen) atoms. The van der Waals surface area contributed by atoms with Crippen molar-refractivity contribution in [2.45, 2.75) is 19.9 Å². The number of hydrogen-bond acceptors (Lipinski definition) is 3. The Labute approximate surface area is 92.5 Å². The minimum Gasteiger partial charge on any atom is -0.505 e. The molecule has 0 unspecified atom stereocenters. The summed E-state index contributed by atoms with van der Waals surface area (Å²) in [6, 6.07) is 0.734. The third-order valence-corrected chi connectivity index (χ3v) is 2.68. The summed E-state index contributed by atoms with van der Waals surface area (Å²) in [6.45, 7) is 2.90. The average Bonchev–Trinajstić information content (AvgIpc) is 2.24. The van der Waals surface area contributed by atoms with Crippen LogP contribution in [0.5, 0.6) is 5.75 Å². The summed E-state index contributed by atoms with van der Waals surface area (Å²) >= 11 is 0. The smallest absolute Gasteiger partial charge is 0.165 e. The SMILES string of the molecule is CC(C)(CO)[C@@H](N)c1c(F)ccc(F)c1O. The fourth-order valence-corrected chi connectivity index (χ4v) is 1.34. The molecule has 0 spiro atoms. The molecule has 5 heteroatoms. The molecule has 0 aliphatic carbocycles. The standard InChI is InChI=1S/C11H15F2NO2/c1-11(2,5-15)10(14)8-6(12)3-4-7(13)9(8)16/h3-4,10,15-16H,5,14H2,1-2H3/t10-/m0/s1. The lowest BCUT2D eigenvalue weighted by Crippen LogP contribution is -2.33. The van der Waals surface area contributed by atoms with Crippen molar-refractivity contribution >= 4 is 0 Å². The van der Waals surface area contributed by atoms with E-state index in [9.17, 15) is 13.9 Å². The molecular formula is C11H15F2NO2.